The minimum Gasteiger partial charge on any atom is -0.495 e. The van der Waals surface area contributed by atoms with Crippen molar-refractivity contribution in [1.29, 1.82) is 0 Å². The summed E-state index contributed by atoms with van der Waals surface area (Å²) in [7, 11) is 1.56. The van der Waals surface area contributed by atoms with Crippen LogP contribution in [0.2, 0.25) is 10.0 Å². The molecule has 4 heteroatoms. The molecule has 1 aliphatic carbocycles. The van der Waals surface area contributed by atoms with Gasteiger partial charge in [-0.05, 0) is 24.5 Å². The summed E-state index contributed by atoms with van der Waals surface area (Å²) in [4.78, 5) is 0. The molecular weight excluding hydrogens is 221 g/mol. The fraction of sp³-hybridized carbons (Fsp3) is 0.400. The minimum absolute atomic E-state index is 0.257. The van der Waals surface area contributed by atoms with Crippen molar-refractivity contribution in [1.82, 2.24) is 0 Å². The van der Waals surface area contributed by atoms with Crippen molar-refractivity contribution in [2.45, 2.75) is 18.4 Å². The number of hydrogen-bond acceptors (Lipinski definition) is 2. The second-order valence-electron chi connectivity index (χ2n) is 3.62. The van der Waals surface area contributed by atoms with E-state index in [1.165, 1.54) is 0 Å². The fourth-order valence-corrected chi connectivity index (χ4v) is 2.05. The highest BCUT2D eigenvalue weighted by molar-refractivity contribution is 6.34. The summed E-state index contributed by atoms with van der Waals surface area (Å²) in [6.45, 7) is 0. The van der Waals surface area contributed by atoms with Crippen molar-refractivity contribution in [2.75, 3.05) is 7.11 Å². The van der Waals surface area contributed by atoms with Gasteiger partial charge in [0.05, 0.1) is 12.1 Å². The standard InChI is InChI=1S/C10H11Cl2NO/c1-14-9-5-7(11)6(4-8(9)12)10(13)2-3-10/h4-5H,2-3,13H2,1H3. The normalized spacial score (nSPS) is 18.0. The zero-order valence-electron chi connectivity index (χ0n) is 7.81. The maximum absolute atomic E-state index is 6.09. The summed E-state index contributed by atoms with van der Waals surface area (Å²) in [5, 5.41) is 1.19. The average molecular weight is 232 g/mol. The van der Waals surface area contributed by atoms with Crippen LogP contribution in [0.5, 0.6) is 5.75 Å². The SMILES string of the molecule is COc1cc(Cl)c(C2(N)CC2)cc1Cl. The first kappa shape index (κ1) is 10.1. The topological polar surface area (TPSA) is 35.2 Å². The quantitative estimate of drug-likeness (QED) is 0.850. The molecular formula is C10H11Cl2NO. The first-order valence-electron chi connectivity index (χ1n) is 4.39. The molecule has 76 valence electrons. The van der Waals surface area contributed by atoms with Gasteiger partial charge in [0, 0.05) is 16.6 Å². The molecule has 1 fully saturated rings. The van der Waals surface area contributed by atoms with Crippen molar-refractivity contribution >= 4 is 23.2 Å². The van der Waals surface area contributed by atoms with E-state index in [1.54, 1.807) is 19.2 Å². The molecule has 0 aliphatic heterocycles. The van der Waals surface area contributed by atoms with Gasteiger partial charge in [0.1, 0.15) is 5.75 Å². The van der Waals surface area contributed by atoms with Crippen LogP contribution in [-0.2, 0) is 5.54 Å². The van der Waals surface area contributed by atoms with Gasteiger partial charge in [-0.15, -0.1) is 0 Å². The van der Waals surface area contributed by atoms with E-state index in [0.717, 1.165) is 18.4 Å². The van der Waals surface area contributed by atoms with Crippen LogP contribution < -0.4 is 10.5 Å². The number of rotatable bonds is 2. The lowest BCUT2D eigenvalue weighted by Gasteiger charge is -2.13. The smallest absolute Gasteiger partial charge is 0.138 e. The molecule has 1 aliphatic rings. The molecule has 1 saturated carbocycles. The average Bonchev–Trinajstić information content (AvgIpc) is 2.88. The molecule has 0 bridgehead atoms. The number of methoxy groups -OCH3 is 1. The van der Waals surface area contributed by atoms with Crippen LogP contribution in [0.3, 0.4) is 0 Å². The second-order valence-corrected chi connectivity index (χ2v) is 4.44. The van der Waals surface area contributed by atoms with E-state index in [0.29, 0.717) is 15.8 Å². The van der Waals surface area contributed by atoms with Crippen LogP contribution in [0.15, 0.2) is 12.1 Å². The van der Waals surface area contributed by atoms with Gasteiger partial charge in [0.15, 0.2) is 0 Å². The van der Waals surface area contributed by atoms with Gasteiger partial charge < -0.3 is 10.5 Å². The summed E-state index contributed by atoms with van der Waals surface area (Å²) in [5.41, 5.74) is 6.71. The van der Waals surface area contributed by atoms with Crippen molar-refractivity contribution in [3.05, 3.63) is 27.7 Å². The van der Waals surface area contributed by atoms with E-state index in [-0.39, 0.29) is 5.54 Å². The minimum atomic E-state index is -0.257. The van der Waals surface area contributed by atoms with Crippen LogP contribution in [0.25, 0.3) is 0 Å². The zero-order valence-corrected chi connectivity index (χ0v) is 9.32. The number of benzene rings is 1. The van der Waals surface area contributed by atoms with Crippen molar-refractivity contribution in [3.8, 4) is 5.75 Å². The van der Waals surface area contributed by atoms with Gasteiger partial charge in [-0.25, -0.2) is 0 Å². The summed E-state index contributed by atoms with van der Waals surface area (Å²) in [6, 6.07) is 3.52. The molecule has 0 aromatic heterocycles. The number of nitrogens with two attached hydrogens (primary N) is 1. The van der Waals surface area contributed by atoms with Gasteiger partial charge in [0.25, 0.3) is 0 Å². The third-order valence-corrected chi connectivity index (χ3v) is 3.17. The summed E-state index contributed by atoms with van der Waals surface area (Å²) in [6.07, 6.45) is 1.94. The van der Waals surface area contributed by atoms with Gasteiger partial charge in [-0.3, -0.25) is 0 Å². The Kier molecular flexibility index (Phi) is 2.38. The summed E-state index contributed by atoms with van der Waals surface area (Å²) < 4.78 is 5.06. The van der Waals surface area contributed by atoms with Gasteiger partial charge in [-0.1, -0.05) is 23.2 Å². The second kappa shape index (κ2) is 3.30. The van der Waals surface area contributed by atoms with Crippen LogP contribution in [-0.4, -0.2) is 7.11 Å². The van der Waals surface area contributed by atoms with Crippen LogP contribution in [0, 0.1) is 0 Å². The Labute approximate surface area is 92.9 Å². The highest BCUT2D eigenvalue weighted by Crippen LogP contribution is 2.47. The Bertz CT molecular complexity index is 375. The maximum Gasteiger partial charge on any atom is 0.138 e. The largest absolute Gasteiger partial charge is 0.495 e. The third-order valence-electron chi connectivity index (χ3n) is 2.57. The van der Waals surface area contributed by atoms with Crippen molar-refractivity contribution < 1.29 is 4.74 Å². The monoisotopic (exact) mass is 231 g/mol. The van der Waals surface area contributed by atoms with Gasteiger partial charge in [0.2, 0.25) is 0 Å². The number of ether oxygens (including phenoxy) is 1. The van der Waals surface area contributed by atoms with Crippen LogP contribution in [0.4, 0.5) is 0 Å². The molecule has 0 atom stereocenters. The van der Waals surface area contributed by atoms with Crippen LogP contribution in [0.1, 0.15) is 18.4 Å². The molecule has 14 heavy (non-hydrogen) atoms. The van der Waals surface area contributed by atoms with Crippen LogP contribution >= 0.6 is 23.2 Å². The Morgan fingerprint density at radius 2 is 1.93 bits per heavy atom. The third kappa shape index (κ3) is 1.58. The molecule has 0 radical (unpaired) electrons. The lowest BCUT2D eigenvalue weighted by atomic mass is 10.1. The Hall–Kier alpha value is -0.440. The molecule has 2 nitrogen and oxygen atoms in total. The Morgan fingerprint density at radius 1 is 1.29 bits per heavy atom. The summed E-state index contributed by atoms with van der Waals surface area (Å²) >= 11 is 12.1. The molecule has 1 aromatic rings. The molecule has 2 N–H and O–H groups in total. The summed E-state index contributed by atoms with van der Waals surface area (Å²) in [5.74, 6) is 0.588. The maximum atomic E-state index is 6.09. The molecule has 0 unspecified atom stereocenters. The predicted molar refractivity (Wildman–Crippen MR) is 58.1 cm³/mol. The van der Waals surface area contributed by atoms with E-state index >= 15 is 0 Å². The molecule has 0 spiro atoms. The Balaban J connectivity index is 2.48. The number of hydrogen-bond donors (Lipinski definition) is 1. The number of halogens is 2. The van der Waals surface area contributed by atoms with E-state index < -0.39 is 0 Å². The Morgan fingerprint density at radius 3 is 2.43 bits per heavy atom. The molecule has 0 amide bonds. The van der Waals surface area contributed by atoms with E-state index in [2.05, 4.69) is 0 Å². The van der Waals surface area contributed by atoms with E-state index in [1.807, 2.05) is 0 Å². The van der Waals surface area contributed by atoms with E-state index in [4.69, 9.17) is 33.7 Å². The highest BCUT2D eigenvalue weighted by atomic mass is 35.5. The predicted octanol–water partition coefficient (Wildman–Crippen LogP) is 2.95. The lowest BCUT2D eigenvalue weighted by Crippen LogP contribution is -2.19. The zero-order chi connectivity index (χ0) is 10.3. The van der Waals surface area contributed by atoms with Crippen molar-refractivity contribution in [3.63, 3.8) is 0 Å². The lowest BCUT2D eigenvalue weighted by molar-refractivity contribution is 0.414. The van der Waals surface area contributed by atoms with Crippen molar-refractivity contribution in [2.24, 2.45) is 5.73 Å². The fourth-order valence-electron chi connectivity index (χ4n) is 1.47. The highest BCUT2D eigenvalue weighted by Gasteiger charge is 2.41. The first-order valence-corrected chi connectivity index (χ1v) is 5.15. The molecule has 1 aromatic carbocycles. The molecule has 0 saturated heterocycles. The van der Waals surface area contributed by atoms with Gasteiger partial charge >= 0.3 is 0 Å². The molecule has 2 rings (SSSR count). The first-order chi connectivity index (χ1) is 6.57. The molecule has 0 heterocycles. The van der Waals surface area contributed by atoms with E-state index in [9.17, 15) is 0 Å². The van der Waals surface area contributed by atoms with Gasteiger partial charge in [-0.2, -0.15) is 0 Å².